The maximum atomic E-state index is 10.8. The summed E-state index contributed by atoms with van der Waals surface area (Å²) in [5, 5.41) is 19.8. The topological polar surface area (TPSA) is 46.5 Å². The normalized spacial score (nSPS) is 24.8. The Kier molecular flexibility index (Phi) is 2.63. The lowest BCUT2D eigenvalue weighted by Crippen LogP contribution is -2.10. The number of hydrogen-bond acceptors (Lipinski definition) is 3. The quantitative estimate of drug-likeness (QED) is 0.619. The molecule has 0 saturated heterocycles. The van der Waals surface area contributed by atoms with Crippen molar-refractivity contribution in [2.24, 2.45) is 5.92 Å². The van der Waals surface area contributed by atoms with Gasteiger partial charge in [0.1, 0.15) is 0 Å². The zero-order valence-corrected chi connectivity index (χ0v) is 8.31. The number of benzene rings is 1. The Labute approximate surface area is 87.4 Å². The second kappa shape index (κ2) is 3.77. The molecule has 0 aliphatic heterocycles. The molecule has 0 bridgehead atoms. The van der Waals surface area contributed by atoms with Crippen LogP contribution in [0.2, 0.25) is 0 Å². The van der Waals surface area contributed by atoms with Crippen molar-refractivity contribution < 1.29 is 5.21 Å². The van der Waals surface area contributed by atoms with Crippen LogP contribution in [-0.2, 0) is 6.42 Å². The molecule has 1 saturated carbocycles. The molecule has 0 radical (unpaired) electrons. The largest absolute Gasteiger partial charge is 0.733 e. The molecule has 0 unspecified atom stereocenters. The van der Waals surface area contributed by atoms with Gasteiger partial charge >= 0.3 is 0 Å². The summed E-state index contributed by atoms with van der Waals surface area (Å²) >= 11 is 5.88. The number of para-hydroxylation sites is 1. The molecule has 14 heavy (non-hydrogen) atoms. The standard InChI is InChI=1S/C10H11ClNO2/c11-9-6-8(9)5-7-3-1-2-4-10(7)12(13)14/h1-4,8-9,13H,5-6H2/q-1/t8-,9-/m1/s1. The van der Waals surface area contributed by atoms with E-state index in [1.165, 1.54) is 0 Å². The maximum absolute atomic E-state index is 10.8. The fraction of sp³-hybridized carbons (Fsp3) is 0.400. The van der Waals surface area contributed by atoms with E-state index in [1.807, 2.05) is 12.1 Å². The van der Waals surface area contributed by atoms with Gasteiger partial charge in [-0.25, -0.2) is 0 Å². The molecule has 1 aliphatic carbocycles. The van der Waals surface area contributed by atoms with Crippen molar-refractivity contribution >= 4 is 17.3 Å². The SMILES string of the molecule is [O-]N(O)c1ccccc1C[C@@H]1C[C@H]1Cl. The minimum absolute atomic E-state index is 0.0824. The molecule has 0 amide bonds. The second-order valence-electron chi connectivity index (χ2n) is 3.62. The van der Waals surface area contributed by atoms with Crippen LogP contribution in [0.15, 0.2) is 24.3 Å². The first-order valence-corrected chi connectivity index (χ1v) is 5.00. The molecule has 0 aromatic heterocycles. The molecule has 2 rings (SSSR count). The van der Waals surface area contributed by atoms with Crippen LogP contribution in [0, 0.1) is 11.1 Å². The van der Waals surface area contributed by atoms with E-state index in [4.69, 9.17) is 16.8 Å². The van der Waals surface area contributed by atoms with Gasteiger partial charge in [-0.2, -0.15) is 0 Å². The highest BCUT2D eigenvalue weighted by Gasteiger charge is 2.35. The lowest BCUT2D eigenvalue weighted by Gasteiger charge is -2.24. The number of alkyl halides is 1. The highest BCUT2D eigenvalue weighted by Crippen LogP contribution is 2.40. The summed E-state index contributed by atoms with van der Waals surface area (Å²) in [5.74, 6) is 0.456. The smallest absolute Gasteiger partial charge is 0.0540 e. The van der Waals surface area contributed by atoms with Crippen LogP contribution in [0.25, 0.3) is 0 Å². The van der Waals surface area contributed by atoms with Gasteiger partial charge in [0, 0.05) is 5.38 Å². The minimum Gasteiger partial charge on any atom is -0.733 e. The molecule has 1 aliphatic rings. The summed E-state index contributed by atoms with van der Waals surface area (Å²) in [4.78, 5) is 0. The van der Waals surface area contributed by atoms with E-state index in [9.17, 15) is 5.21 Å². The van der Waals surface area contributed by atoms with E-state index >= 15 is 0 Å². The molecule has 1 fully saturated rings. The van der Waals surface area contributed by atoms with Gasteiger partial charge in [-0.1, -0.05) is 18.2 Å². The average molecular weight is 213 g/mol. The molecule has 2 atom stereocenters. The van der Waals surface area contributed by atoms with Crippen LogP contribution >= 0.6 is 11.6 Å². The molecular weight excluding hydrogens is 202 g/mol. The van der Waals surface area contributed by atoms with Crippen LogP contribution in [0.1, 0.15) is 12.0 Å². The van der Waals surface area contributed by atoms with E-state index in [-0.39, 0.29) is 10.6 Å². The summed E-state index contributed by atoms with van der Waals surface area (Å²) in [6.07, 6.45) is 1.77. The van der Waals surface area contributed by atoms with E-state index in [1.54, 1.807) is 12.1 Å². The molecule has 1 N–H and O–H groups in total. The van der Waals surface area contributed by atoms with Gasteiger partial charge in [0.25, 0.3) is 0 Å². The van der Waals surface area contributed by atoms with Crippen molar-refractivity contribution in [3.05, 3.63) is 35.0 Å². The first-order chi connectivity index (χ1) is 6.68. The molecule has 76 valence electrons. The van der Waals surface area contributed by atoms with Crippen LogP contribution < -0.4 is 5.23 Å². The number of hydrogen-bond donors (Lipinski definition) is 1. The lowest BCUT2D eigenvalue weighted by atomic mass is 10.1. The monoisotopic (exact) mass is 212 g/mol. The Morgan fingerprint density at radius 3 is 2.71 bits per heavy atom. The van der Waals surface area contributed by atoms with Gasteiger partial charge in [-0.05, 0) is 30.4 Å². The molecule has 1 aromatic carbocycles. The van der Waals surface area contributed by atoms with Crippen LogP contribution in [-0.4, -0.2) is 10.6 Å². The average Bonchev–Trinajstić information content (AvgIpc) is 2.82. The highest BCUT2D eigenvalue weighted by molar-refractivity contribution is 6.22. The van der Waals surface area contributed by atoms with E-state index < -0.39 is 0 Å². The molecule has 0 heterocycles. The molecule has 0 spiro atoms. The predicted octanol–water partition coefficient (Wildman–Crippen LogP) is 2.55. The number of nitrogens with zero attached hydrogens (tertiary/aromatic N) is 1. The second-order valence-corrected chi connectivity index (χ2v) is 4.18. The van der Waals surface area contributed by atoms with Gasteiger partial charge in [-0.15, -0.1) is 11.6 Å². The lowest BCUT2D eigenvalue weighted by molar-refractivity contribution is 0.295. The van der Waals surface area contributed by atoms with Gasteiger partial charge in [0.15, 0.2) is 0 Å². The highest BCUT2D eigenvalue weighted by atomic mass is 35.5. The van der Waals surface area contributed by atoms with E-state index in [2.05, 4.69) is 0 Å². The number of rotatable bonds is 3. The third kappa shape index (κ3) is 2.00. The Balaban J connectivity index is 2.15. The Hall–Kier alpha value is -0.770. The van der Waals surface area contributed by atoms with Crippen molar-refractivity contribution in [3.8, 4) is 0 Å². The van der Waals surface area contributed by atoms with E-state index in [0.717, 1.165) is 18.4 Å². The summed E-state index contributed by atoms with van der Waals surface area (Å²) in [6.45, 7) is 0. The van der Waals surface area contributed by atoms with Crippen molar-refractivity contribution in [1.29, 1.82) is 0 Å². The molecule has 4 heteroatoms. The van der Waals surface area contributed by atoms with Crippen LogP contribution in [0.4, 0.5) is 5.69 Å². The fourth-order valence-electron chi connectivity index (χ4n) is 1.57. The fourth-order valence-corrected chi connectivity index (χ4v) is 1.89. The molecule has 3 nitrogen and oxygen atoms in total. The summed E-state index contributed by atoms with van der Waals surface area (Å²) < 4.78 is 0. The van der Waals surface area contributed by atoms with Gasteiger partial charge < -0.3 is 10.4 Å². The summed E-state index contributed by atoms with van der Waals surface area (Å²) in [7, 11) is 0. The van der Waals surface area contributed by atoms with Gasteiger partial charge in [0.05, 0.1) is 5.69 Å². The minimum atomic E-state index is -0.0824. The first kappa shape index (κ1) is 9.77. The van der Waals surface area contributed by atoms with Crippen molar-refractivity contribution in [2.75, 3.05) is 5.23 Å². The third-order valence-corrected chi connectivity index (χ3v) is 3.05. The van der Waals surface area contributed by atoms with Gasteiger partial charge in [0.2, 0.25) is 0 Å². The number of halogens is 1. The first-order valence-electron chi connectivity index (χ1n) is 4.56. The summed E-state index contributed by atoms with van der Waals surface area (Å²) in [5.41, 5.74) is 1.18. The summed E-state index contributed by atoms with van der Waals surface area (Å²) in [6, 6.07) is 7.03. The van der Waals surface area contributed by atoms with Crippen LogP contribution in [0.5, 0.6) is 0 Å². The zero-order valence-electron chi connectivity index (χ0n) is 7.56. The molecular formula is C10H11ClNO2-. The zero-order chi connectivity index (χ0) is 10.1. The van der Waals surface area contributed by atoms with Crippen molar-refractivity contribution in [3.63, 3.8) is 0 Å². The Morgan fingerprint density at radius 2 is 2.14 bits per heavy atom. The predicted molar refractivity (Wildman–Crippen MR) is 55.5 cm³/mol. The Bertz CT molecular complexity index is 330. The van der Waals surface area contributed by atoms with Crippen LogP contribution in [0.3, 0.4) is 0 Å². The number of anilines is 1. The Morgan fingerprint density at radius 1 is 1.50 bits per heavy atom. The maximum Gasteiger partial charge on any atom is 0.0540 e. The van der Waals surface area contributed by atoms with Gasteiger partial charge in [-0.3, -0.25) is 5.21 Å². The third-order valence-electron chi connectivity index (χ3n) is 2.52. The van der Waals surface area contributed by atoms with E-state index in [0.29, 0.717) is 11.6 Å². The van der Waals surface area contributed by atoms with Crippen molar-refractivity contribution in [1.82, 2.24) is 0 Å². The van der Waals surface area contributed by atoms with Crippen molar-refractivity contribution in [2.45, 2.75) is 18.2 Å². The molecule has 1 aromatic rings.